The summed E-state index contributed by atoms with van der Waals surface area (Å²) < 4.78 is 0. The number of hydrogen-bond acceptors (Lipinski definition) is 2. The highest BCUT2D eigenvalue weighted by molar-refractivity contribution is 7.80. The summed E-state index contributed by atoms with van der Waals surface area (Å²) in [6.45, 7) is 2.91. The normalized spacial score (nSPS) is 9.92. The zero-order valence-corrected chi connectivity index (χ0v) is 8.62. The molecule has 12 heavy (non-hydrogen) atoms. The van der Waals surface area contributed by atoms with Crippen LogP contribution in [0.15, 0.2) is 18.2 Å². The molecule has 0 atom stereocenters. The van der Waals surface area contributed by atoms with Gasteiger partial charge < -0.3 is 5.32 Å². The molecule has 0 aliphatic rings. The number of thiol groups is 1. The standard InChI is InChI=1S/C9H12ClNS/c1-7-6-8(10)2-3-9(7)11-4-5-12/h2-3,6,11-12H,4-5H2,1H3. The molecule has 0 radical (unpaired) electrons. The van der Waals surface area contributed by atoms with Gasteiger partial charge in [0.1, 0.15) is 0 Å². The van der Waals surface area contributed by atoms with Crippen LogP contribution in [0.3, 0.4) is 0 Å². The van der Waals surface area contributed by atoms with Crippen LogP contribution in [0.25, 0.3) is 0 Å². The van der Waals surface area contributed by atoms with Crippen molar-refractivity contribution in [2.75, 3.05) is 17.6 Å². The number of hydrogen-bond donors (Lipinski definition) is 2. The van der Waals surface area contributed by atoms with Crippen molar-refractivity contribution in [3.05, 3.63) is 28.8 Å². The van der Waals surface area contributed by atoms with E-state index in [4.69, 9.17) is 11.6 Å². The number of halogens is 1. The average Bonchev–Trinajstić information content (AvgIpc) is 2.03. The van der Waals surface area contributed by atoms with Crippen LogP contribution in [-0.2, 0) is 0 Å². The van der Waals surface area contributed by atoms with Crippen molar-refractivity contribution in [3.8, 4) is 0 Å². The first-order valence-corrected chi connectivity index (χ1v) is 4.86. The topological polar surface area (TPSA) is 12.0 Å². The van der Waals surface area contributed by atoms with Gasteiger partial charge >= 0.3 is 0 Å². The smallest absolute Gasteiger partial charge is 0.0410 e. The van der Waals surface area contributed by atoms with Gasteiger partial charge in [-0.25, -0.2) is 0 Å². The first kappa shape index (κ1) is 9.75. The summed E-state index contributed by atoms with van der Waals surface area (Å²) in [7, 11) is 0. The fraction of sp³-hybridized carbons (Fsp3) is 0.333. The molecule has 1 nitrogen and oxygen atoms in total. The summed E-state index contributed by atoms with van der Waals surface area (Å²) in [5.74, 6) is 0.835. The highest BCUT2D eigenvalue weighted by atomic mass is 35.5. The third kappa shape index (κ3) is 2.61. The molecule has 0 heterocycles. The van der Waals surface area contributed by atoms with Crippen LogP contribution in [0, 0.1) is 6.92 Å². The molecule has 0 aliphatic carbocycles. The second kappa shape index (κ2) is 4.63. The number of rotatable bonds is 3. The second-order valence-corrected chi connectivity index (χ2v) is 3.49. The molecule has 66 valence electrons. The predicted octanol–water partition coefficient (Wildman–Crippen LogP) is 2.99. The minimum absolute atomic E-state index is 0.781. The third-order valence-electron chi connectivity index (χ3n) is 1.62. The van der Waals surface area contributed by atoms with Crippen LogP contribution in [0.2, 0.25) is 5.02 Å². The molecular formula is C9H12ClNS. The van der Waals surface area contributed by atoms with Gasteiger partial charge in [-0.05, 0) is 30.7 Å². The lowest BCUT2D eigenvalue weighted by molar-refractivity contribution is 1.22. The monoisotopic (exact) mass is 201 g/mol. The summed E-state index contributed by atoms with van der Waals surface area (Å²) in [5, 5.41) is 4.04. The molecule has 0 amide bonds. The Balaban J connectivity index is 2.72. The molecule has 0 bridgehead atoms. The van der Waals surface area contributed by atoms with Gasteiger partial charge in [0, 0.05) is 23.0 Å². The molecule has 3 heteroatoms. The summed E-state index contributed by atoms with van der Waals surface area (Å²) >= 11 is 9.92. The van der Waals surface area contributed by atoms with Gasteiger partial charge in [-0.3, -0.25) is 0 Å². The van der Waals surface area contributed by atoms with Gasteiger partial charge in [0.15, 0.2) is 0 Å². The van der Waals surface area contributed by atoms with Crippen molar-refractivity contribution in [1.29, 1.82) is 0 Å². The van der Waals surface area contributed by atoms with Crippen LogP contribution in [0.5, 0.6) is 0 Å². The lowest BCUT2D eigenvalue weighted by Crippen LogP contribution is -2.03. The summed E-state index contributed by atoms with van der Waals surface area (Å²) in [4.78, 5) is 0. The van der Waals surface area contributed by atoms with Gasteiger partial charge in [0.2, 0.25) is 0 Å². The maximum Gasteiger partial charge on any atom is 0.0410 e. The molecule has 1 aromatic rings. The molecule has 0 saturated heterocycles. The molecule has 1 rings (SSSR count). The van der Waals surface area contributed by atoms with E-state index in [2.05, 4.69) is 17.9 Å². The summed E-state index contributed by atoms with van der Waals surface area (Å²) in [6, 6.07) is 5.82. The van der Waals surface area contributed by atoms with Crippen LogP contribution < -0.4 is 5.32 Å². The molecule has 0 saturated carbocycles. The van der Waals surface area contributed by atoms with Crippen molar-refractivity contribution in [1.82, 2.24) is 0 Å². The molecule has 1 N–H and O–H groups in total. The first-order valence-electron chi connectivity index (χ1n) is 3.85. The zero-order valence-electron chi connectivity index (χ0n) is 6.97. The first-order chi connectivity index (χ1) is 5.74. The van der Waals surface area contributed by atoms with Crippen LogP contribution in [-0.4, -0.2) is 12.3 Å². The van der Waals surface area contributed by atoms with E-state index in [1.54, 1.807) is 0 Å². The van der Waals surface area contributed by atoms with Gasteiger partial charge in [-0.2, -0.15) is 12.6 Å². The van der Waals surface area contributed by atoms with Gasteiger partial charge in [0.05, 0.1) is 0 Å². The van der Waals surface area contributed by atoms with E-state index in [1.807, 2.05) is 25.1 Å². The second-order valence-electron chi connectivity index (χ2n) is 2.61. The molecule has 0 spiro atoms. The van der Waals surface area contributed by atoms with Crippen molar-refractivity contribution in [3.63, 3.8) is 0 Å². The van der Waals surface area contributed by atoms with E-state index in [1.165, 1.54) is 5.56 Å². The minimum Gasteiger partial charge on any atom is -0.384 e. The van der Waals surface area contributed by atoms with Crippen molar-refractivity contribution < 1.29 is 0 Å². The molecule has 0 unspecified atom stereocenters. The van der Waals surface area contributed by atoms with Crippen molar-refractivity contribution in [2.45, 2.75) is 6.92 Å². The Morgan fingerprint density at radius 1 is 1.50 bits per heavy atom. The van der Waals surface area contributed by atoms with E-state index in [0.717, 1.165) is 23.0 Å². The average molecular weight is 202 g/mol. The van der Waals surface area contributed by atoms with E-state index in [-0.39, 0.29) is 0 Å². The Morgan fingerprint density at radius 3 is 2.83 bits per heavy atom. The Labute approximate surface area is 83.5 Å². The number of nitrogens with one attached hydrogen (secondary N) is 1. The maximum absolute atomic E-state index is 5.81. The van der Waals surface area contributed by atoms with Crippen LogP contribution in [0.1, 0.15) is 5.56 Å². The van der Waals surface area contributed by atoms with Gasteiger partial charge in [-0.1, -0.05) is 11.6 Å². The Kier molecular flexibility index (Phi) is 3.76. The third-order valence-corrected chi connectivity index (χ3v) is 2.07. The molecular weight excluding hydrogens is 190 g/mol. The van der Waals surface area contributed by atoms with Crippen LogP contribution in [0.4, 0.5) is 5.69 Å². The molecule has 0 fully saturated rings. The quantitative estimate of drug-likeness (QED) is 0.717. The van der Waals surface area contributed by atoms with E-state index in [0.29, 0.717) is 0 Å². The Bertz CT molecular complexity index is 263. The lowest BCUT2D eigenvalue weighted by atomic mass is 10.2. The Morgan fingerprint density at radius 2 is 2.25 bits per heavy atom. The molecule has 1 aromatic carbocycles. The summed E-state index contributed by atoms with van der Waals surface area (Å²) in [6.07, 6.45) is 0. The fourth-order valence-corrected chi connectivity index (χ4v) is 1.35. The van der Waals surface area contributed by atoms with Gasteiger partial charge in [0.25, 0.3) is 0 Å². The Hall–Kier alpha value is -0.340. The fourth-order valence-electron chi connectivity index (χ4n) is 1.02. The molecule has 0 aliphatic heterocycles. The largest absolute Gasteiger partial charge is 0.384 e. The molecule has 0 aromatic heterocycles. The zero-order chi connectivity index (χ0) is 8.97. The number of aryl methyl sites for hydroxylation is 1. The van der Waals surface area contributed by atoms with E-state index < -0.39 is 0 Å². The van der Waals surface area contributed by atoms with Gasteiger partial charge in [-0.15, -0.1) is 0 Å². The van der Waals surface area contributed by atoms with Crippen molar-refractivity contribution in [2.24, 2.45) is 0 Å². The minimum atomic E-state index is 0.781. The highest BCUT2D eigenvalue weighted by Crippen LogP contribution is 2.19. The predicted molar refractivity (Wildman–Crippen MR) is 58.5 cm³/mol. The number of anilines is 1. The van der Waals surface area contributed by atoms with Crippen LogP contribution >= 0.6 is 24.2 Å². The summed E-state index contributed by atoms with van der Waals surface area (Å²) in [5.41, 5.74) is 2.30. The highest BCUT2D eigenvalue weighted by Gasteiger charge is 1.96. The van der Waals surface area contributed by atoms with E-state index in [9.17, 15) is 0 Å². The van der Waals surface area contributed by atoms with E-state index >= 15 is 0 Å². The maximum atomic E-state index is 5.81. The SMILES string of the molecule is Cc1cc(Cl)ccc1NCCS. The number of benzene rings is 1. The van der Waals surface area contributed by atoms with Crippen molar-refractivity contribution >= 4 is 29.9 Å². The lowest BCUT2D eigenvalue weighted by Gasteiger charge is -2.07.